The Morgan fingerprint density at radius 3 is 2.50 bits per heavy atom. The maximum absolute atomic E-state index is 6.18. The summed E-state index contributed by atoms with van der Waals surface area (Å²) in [5.41, 5.74) is 6.57. The first-order valence-corrected chi connectivity index (χ1v) is 7.08. The van der Waals surface area contributed by atoms with Gasteiger partial charge >= 0.3 is 0 Å². The van der Waals surface area contributed by atoms with E-state index < -0.39 is 0 Å². The molecule has 0 saturated carbocycles. The van der Waals surface area contributed by atoms with E-state index in [1.807, 2.05) is 42.5 Å². The zero-order valence-electron chi connectivity index (χ0n) is 9.70. The minimum absolute atomic E-state index is 0.548. The van der Waals surface area contributed by atoms with Crippen LogP contribution < -0.4 is 10.5 Å². The summed E-state index contributed by atoms with van der Waals surface area (Å²) >= 11 is 8.42. The minimum Gasteiger partial charge on any atom is -0.456 e. The summed E-state index contributed by atoms with van der Waals surface area (Å²) in [5, 5.41) is 0.698. The monoisotopic (exact) mass is 373 g/mol. The number of benzene rings is 2. The quantitative estimate of drug-likeness (QED) is 0.814. The second-order valence-corrected chi connectivity index (χ2v) is 5.36. The van der Waals surface area contributed by atoms with Crippen LogP contribution in [0.5, 0.6) is 11.5 Å². The van der Waals surface area contributed by atoms with Gasteiger partial charge in [0.05, 0.1) is 3.57 Å². The number of ether oxygens (including phenoxy) is 1. The molecule has 2 aromatic carbocycles. The van der Waals surface area contributed by atoms with Crippen molar-refractivity contribution in [1.29, 1.82) is 0 Å². The highest BCUT2D eigenvalue weighted by atomic mass is 127. The number of halogens is 2. The average Bonchev–Trinajstić information content (AvgIpc) is 2.36. The Balaban J connectivity index is 2.34. The molecule has 0 bridgehead atoms. The van der Waals surface area contributed by atoms with Crippen LogP contribution >= 0.6 is 34.2 Å². The number of hydrogen-bond donors (Lipinski definition) is 1. The summed E-state index contributed by atoms with van der Waals surface area (Å²) in [7, 11) is 0. The predicted octanol–water partition coefficient (Wildman–Crippen LogP) is 4.24. The highest BCUT2D eigenvalue weighted by Gasteiger charge is 2.09. The second kappa shape index (κ2) is 6.41. The second-order valence-electron chi connectivity index (χ2n) is 3.79. The molecule has 0 amide bonds. The summed E-state index contributed by atoms with van der Waals surface area (Å²) in [6.45, 7) is 0.548. The minimum atomic E-state index is 0.548. The van der Waals surface area contributed by atoms with E-state index in [0.29, 0.717) is 18.0 Å². The van der Waals surface area contributed by atoms with E-state index in [1.54, 1.807) is 0 Å². The Morgan fingerprint density at radius 2 is 1.78 bits per heavy atom. The van der Waals surface area contributed by atoms with Gasteiger partial charge in [0.25, 0.3) is 0 Å². The molecule has 0 heterocycles. The lowest BCUT2D eigenvalue weighted by Crippen LogP contribution is -2.04. The van der Waals surface area contributed by atoms with Gasteiger partial charge in [-0.2, -0.15) is 0 Å². The largest absolute Gasteiger partial charge is 0.456 e. The van der Waals surface area contributed by atoms with Crippen molar-refractivity contribution in [3.05, 3.63) is 56.6 Å². The van der Waals surface area contributed by atoms with E-state index >= 15 is 0 Å². The van der Waals surface area contributed by atoms with Crippen molar-refractivity contribution in [1.82, 2.24) is 0 Å². The van der Waals surface area contributed by atoms with Crippen LogP contribution in [0.1, 0.15) is 5.56 Å². The lowest BCUT2D eigenvalue weighted by atomic mass is 10.1. The molecule has 2 nitrogen and oxygen atoms in total. The van der Waals surface area contributed by atoms with Gasteiger partial charge < -0.3 is 10.5 Å². The van der Waals surface area contributed by atoms with Gasteiger partial charge in [0, 0.05) is 10.6 Å². The van der Waals surface area contributed by atoms with Crippen LogP contribution in [0.15, 0.2) is 42.5 Å². The van der Waals surface area contributed by atoms with E-state index in [9.17, 15) is 0 Å². The van der Waals surface area contributed by atoms with Gasteiger partial charge in [-0.05, 0) is 59.8 Å². The van der Waals surface area contributed by atoms with Crippen LogP contribution in [-0.4, -0.2) is 6.54 Å². The third-order valence-corrected chi connectivity index (χ3v) is 3.77. The molecule has 0 unspecified atom stereocenters. The Morgan fingerprint density at radius 1 is 1.06 bits per heavy atom. The van der Waals surface area contributed by atoms with E-state index in [1.165, 1.54) is 0 Å². The summed E-state index contributed by atoms with van der Waals surface area (Å²) in [6.07, 6.45) is 0.707. The van der Waals surface area contributed by atoms with Crippen LogP contribution in [0.2, 0.25) is 5.02 Å². The Bertz CT molecular complexity index is 545. The first kappa shape index (κ1) is 13.6. The number of nitrogens with two attached hydrogens (primary N) is 1. The summed E-state index contributed by atoms with van der Waals surface area (Å²) in [6, 6.07) is 13.5. The third kappa shape index (κ3) is 3.16. The average molecular weight is 374 g/mol. The zero-order chi connectivity index (χ0) is 13.0. The van der Waals surface area contributed by atoms with Crippen molar-refractivity contribution in [2.24, 2.45) is 5.73 Å². The third-order valence-electron chi connectivity index (χ3n) is 2.53. The van der Waals surface area contributed by atoms with Crippen molar-refractivity contribution in [2.45, 2.75) is 6.42 Å². The molecule has 0 aliphatic carbocycles. The smallest absolute Gasteiger partial charge is 0.140 e. The molecule has 18 heavy (non-hydrogen) atoms. The molecule has 4 heteroatoms. The Labute approximate surface area is 125 Å². The van der Waals surface area contributed by atoms with Crippen LogP contribution in [-0.2, 0) is 6.42 Å². The molecule has 0 aromatic heterocycles. The van der Waals surface area contributed by atoms with Gasteiger partial charge in [0.2, 0.25) is 0 Å². The molecule has 0 atom stereocenters. The summed E-state index contributed by atoms with van der Waals surface area (Å²) in [5.74, 6) is 1.61. The fourth-order valence-corrected chi connectivity index (χ4v) is 2.43. The summed E-state index contributed by atoms with van der Waals surface area (Å²) in [4.78, 5) is 0. The predicted molar refractivity (Wildman–Crippen MR) is 83.4 cm³/mol. The molecular weight excluding hydrogens is 361 g/mol. The standard InChI is InChI=1S/C14H13ClINO/c15-11-4-3-7-13(10(11)8-9-17)18-14-6-2-1-5-12(14)16/h1-7H,8-9,17H2. The fourth-order valence-electron chi connectivity index (χ4n) is 1.67. The molecule has 2 rings (SSSR count). The van der Waals surface area contributed by atoms with Crippen LogP contribution in [0.25, 0.3) is 0 Å². The van der Waals surface area contributed by atoms with E-state index in [-0.39, 0.29) is 0 Å². The van der Waals surface area contributed by atoms with Crippen molar-refractivity contribution in [3.63, 3.8) is 0 Å². The molecule has 2 aromatic rings. The Hall–Kier alpha value is -0.780. The van der Waals surface area contributed by atoms with E-state index in [2.05, 4.69) is 22.6 Å². The van der Waals surface area contributed by atoms with Crippen molar-refractivity contribution < 1.29 is 4.74 Å². The molecule has 0 aliphatic rings. The van der Waals surface area contributed by atoms with Crippen molar-refractivity contribution in [2.75, 3.05) is 6.54 Å². The molecule has 0 fully saturated rings. The molecular formula is C14H13ClINO. The maximum atomic E-state index is 6.18. The molecule has 94 valence electrons. The normalized spacial score (nSPS) is 10.4. The Kier molecular flexibility index (Phi) is 4.86. The van der Waals surface area contributed by atoms with Crippen molar-refractivity contribution in [3.8, 4) is 11.5 Å². The molecule has 0 spiro atoms. The molecule has 0 aliphatic heterocycles. The lowest BCUT2D eigenvalue weighted by molar-refractivity contribution is 0.473. The number of hydrogen-bond acceptors (Lipinski definition) is 2. The topological polar surface area (TPSA) is 35.2 Å². The SMILES string of the molecule is NCCc1c(Cl)cccc1Oc1ccccc1I. The first-order valence-electron chi connectivity index (χ1n) is 5.62. The van der Waals surface area contributed by atoms with Crippen LogP contribution in [0.3, 0.4) is 0 Å². The molecule has 0 radical (unpaired) electrons. The van der Waals surface area contributed by atoms with Gasteiger partial charge in [-0.1, -0.05) is 29.8 Å². The number of rotatable bonds is 4. The van der Waals surface area contributed by atoms with E-state index in [4.69, 9.17) is 22.1 Å². The van der Waals surface area contributed by atoms with Crippen LogP contribution in [0, 0.1) is 3.57 Å². The first-order chi connectivity index (χ1) is 8.72. The number of para-hydroxylation sites is 1. The molecule has 0 saturated heterocycles. The van der Waals surface area contributed by atoms with Gasteiger partial charge in [-0.15, -0.1) is 0 Å². The van der Waals surface area contributed by atoms with Gasteiger partial charge in [-0.3, -0.25) is 0 Å². The van der Waals surface area contributed by atoms with Gasteiger partial charge in [-0.25, -0.2) is 0 Å². The van der Waals surface area contributed by atoms with Crippen molar-refractivity contribution >= 4 is 34.2 Å². The highest BCUT2D eigenvalue weighted by Crippen LogP contribution is 2.32. The maximum Gasteiger partial charge on any atom is 0.140 e. The zero-order valence-corrected chi connectivity index (χ0v) is 12.6. The molecule has 2 N–H and O–H groups in total. The fraction of sp³-hybridized carbons (Fsp3) is 0.143. The van der Waals surface area contributed by atoms with Gasteiger partial charge in [0.15, 0.2) is 0 Å². The lowest BCUT2D eigenvalue weighted by Gasteiger charge is -2.13. The van der Waals surface area contributed by atoms with E-state index in [0.717, 1.165) is 20.6 Å². The highest BCUT2D eigenvalue weighted by molar-refractivity contribution is 14.1. The van der Waals surface area contributed by atoms with Crippen LogP contribution in [0.4, 0.5) is 0 Å². The summed E-state index contributed by atoms with van der Waals surface area (Å²) < 4.78 is 6.99. The van der Waals surface area contributed by atoms with Gasteiger partial charge in [0.1, 0.15) is 11.5 Å².